The minimum atomic E-state index is 0.245. The van der Waals surface area contributed by atoms with Gasteiger partial charge in [-0.3, -0.25) is 0 Å². The molecule has 1 fully saturated rings. The van der Waals surface area contributed by atoms with E-state index >= 15 is 0 Å². The largest absolute Gasteiger partial charge is 0.349 e. The van der Waals surface area contributed by atoms with Crippen LogP contribution < -0.4 is 10.2 Å². The fourth-order valence-corrected chi connectivity index (χ4v) is 3.40. The van der Waals surface area contributed by atoms with Gasteiger partial charge in [-0.1, -0.05) is 6.92 Å². The van der Waals surface area contributed by atoms with Gasteiger partial charge in [0.2, 0.25) is 17.2 Å². The first-order valence-electron chi connectivity index (χ1n) is 7.22. The predicted octanol–water partition coefficient (Wildman–Crippen LogP) is 3.36. The van der Waals surface area contributed by atoms with Gasteiger partial charge in [-0.15, -0.1) is 11.3 Å². The highest BCUT2D eigenvalue weighted by molar-refractivity contribution is 7.12. The van der Waals surface area contributed by atoms with E-state index in [0.717, 1.165) is 19.5 Å². The Morgan fingerprint density at radius 2 is 1.95 bits per heavy atom. The van der Waals surface area contributed by atoms with Crippen LogP contribution in [-0.2, 0) is 13.0 Å². The van der Waals surface area contributed by atoms with Crippen LogP contribution in [0.3, 0.4) is 0 Å². The van der Waals surface area contributed by atoms with Crippen LogP contribution in [0.25, 0.3) is 0 Å². The molecule has 2 aromatic rings. The van der Waals surface area contributed by atoms with Crippen molar-refractivity contribution in [1.29, 1.82) is 0 Å². The van der Waals surface area contributed by atoms with Crippen LogP contribution in [-0.4, -0.2) is 28.0 Å². The third-order valence-electron chi connectivity index (χ3n) is 3.47. The van der Waals surface area contributed by atoms with Gasteiger partial charge in [-0.2, -0.15) is 15.0 Å². The van der Waals surface area contributed by atoms with Crippen molar-refractivity contribution in [3.63, 3.8) is 0 Å². The summed E-state index contributed by atoms with van der Waals surface area (Å²) >= 11 is 7.82. The van der Waals surface area contributed by atoms with Crippen molar-refractivity contribution >= 4 is 34.8 Å². The number of hydrogen-bond donors (Lipinski definition) is 1. The maximum atomic E-state index is 6.01. The fourth-order valence-electron chi connectivity index (χ4n) is 2.35. The molecule has 0 unspecified atom stereocenters. The summed E-state index contributed by atoms with van der Waals surface area (Å²) in [5, 5.41) is 3.49. The number of nitrogens with zero attached hydrogens (tertiary/aromatic N) is 4. The van der Waals surface area contributed by atoms with Crippen molar-refractivity contribution in [3.05, 3.63) is 27.2 Å². The first kappa shape index (κ1) is 14.5. The topological polar surface area (TPSA) is 53.9 Å². The maximum absolute atomic E-state index is 6.01. The van der Waals surface area contributed by atoms with Gasteiger partial charge >= 0.3 is 0 Å². The Balaban J connectivity index is 1.69. The van der Waals surface area contributed by atoms with Crippen LogP contribution >= 0.6 is 22.9 Å². The first-order chi connectivity index (χ1) is 10.2. The van der Waals surface area contributed by atoms with Gasteiger partial charge < -0.3 is 10.2 Å². The Morgan fingerprint density at radius 3 is 2.67 bits per heavy atom. The molecule has 5 nitrogen and oxygen atoms in total. The summed E-state index contributed by atoms with van der Waals surface area (Å²) < 4.78 is 0. The van der Waals surface area contributed by atoms with Crippen molar-refractivity contribution in [3.8, 4) is 0 Å². The lowest BCUT2D eigenvalue weighted by atomic mass is 10.4. The average Bonchev–Trinajstić information content (AvgIpc) is 3.16. The lowest BCUT2D eigenvalue weighted by Gasteiger charge is -2.15. The standard InChI is InChI=1S/C14H18ClN5S/c1-2-10-5-6-11(21-10)9-16-13-17-12(15)18-14(19-13)20-7-3-4-8-20/h5-6H,2-4,7-9H2,1H3,(H,16,17,18,19). The number of anilines is 2. The monoisotopic (exact) mass is 323 g/mol. The minimum absolute atomic E-state index is 0.245. The molecule has 112 valence electrons. The molecule has 1 saturated heterocycles. The average molecular weight is 324 g/mol. The van der Waals surface area contributed by atoms with Crippen molar-refractivity contribution < 1.29 is 0 Å². The van der Waals surface area contributed by atoms with Gasteiger partial charge in [0.25, 0.3) is 0 Å². The normalized spacial score (nSPS) is 14.7. The molecule has 0 aromatic carbocycles. The minimum Gasteiger partial charge on any atom is -0.349 e. The predicted molar refractivity (Wildman–Crippen MR) is 87.3 cm³/mol. The molecule has 0 spiro atoms. The Labute approximate surface area is 133 Å². The van der Waals surface area contributed by atoms with E-state index in [1.165, 1.54) is 22.6 Å². The smallest absolute Gasteiger partial charge is 0.231 e. The Kier molecular flexibility index (Phi) is 4.55. The number of thiophene rings is 1. The number of rotatable bonds is 5. The molecule has 3 heterocycles. The van der Waals surface area contributed by atoms with E-state index in [1.807, 2.05) is 11.3 Å². The second-order valence-corrected chi connectivity index (χ2v) is 6.59. The molecule has 0 saturated carbocycles. The van der Waals surface area contributed by atoms with Crippen LogP contribution in [0.4, 0.5) is 11.9 Å². The van der Waals surface area contributed by atoms with Gasteiger partial charge in [0, 0.05) is 22.8 Å². The summed E-state index contributed by atoms with van der Waals surface area (Å²) in [5.74, 6) is 1.22. The molecule has 0 bridgehead atoms. The summed E-state index contributed by atoms with van der Waals surface area (Å²) in [6, 6.07) is 4.30. The van der Waals surface area contributed by atoms with Gasteiger partial charge in [-0.25, -0.2) is 0 Å². The van der Waals surface area contributed by atoms with Crippen molar-refractivity contribution in [2.75, 3.05) is 23.3 Å². The van der Waals surface area contributed by atoms with E-state index in [0.29, 0.717) is 18.4 Å². The molecular weight excluding hydrogens is 306 g/mol. The van der Waals surface area contributed by atoms with E-state index in [2.05, 4.69) is 44.2 Å². The third-order valence-corrected chi connectivity index (χ3v) is 4.87. The van der Waals surface area contributed by atoms with Crippen LogP contribution in [0, 0.1) is 0 Å². The summed E-state index contributed by atoms with van der Waals surface area (Å²) in [7, 11) is 0. The number of halogens is 1. The third kappa shape index (κ3) is 3.63. The Hall–Kier alpha value is -1.40. The van der Waals surface area contributed by atoms with E-state index < -0.39 is 0 Å². The SMILES string of the molecule is CCc1ccc(CNc2nc(Cl)nc(N3CCCC3)n2)s1. The number of aryl methyl sites for hydroxylation is 1. The zero-order chi connectivity index (χ0) is 14.7. The van der Waals surface area contributed by atoms with Crippen LogP contribution in [0.15, 0.2) is 12.1 Å². The highest BCUT2D eigenvalue weighted by Gasteiger charge is 2.16. The number of nitrogens with one attached hydrogen (secondary N) is 1. The molecule has 3 rings (SSSR count). The van der Waals surface area contributed by atoms with Gasteiger partial charge in [0.05, 0.1) is 6.54 Å². The van der Waals surface area contributed by atoms with Gasteiger partial charge in [0.15, 0.2) is 0 Å². The summed E-state index contributed by atoms with van der Waals surface area (Å²) in [6.45, 7) is 4.86. The quantitative estimate of drug-likeness (QED) is 0.914. The van der Waals surface area contributed by atoms with E-state index in [1.54, 1.807) is 0 Å². The summed E-state index contributed by atoms with van der Waals surface area (Å²) in [6.07, 6.45) is 3.43. The van der Waals surface area contributed by atoms with Crippen molar-refractivity contribution in [2.45, 2.75) is 32.7 Å². The molecule has 0 radical (unpaired) electrons. The van der Waals surface area contributed by atoms with E-state index in [4.69, 9.17) is 11.6 Å². The molecule has 0 amide bonds. The molecule has 1 aliphatic heterocycles. The van der Waals surface area contributed by atoms with E-state index in [9.17, 15) is 0 Å². The van der Waals surface area contributed by atoms with E-state index in [-0.39, 0.29) is 5.28 Å². The first-order valence-corrected chi connectivity index (χ1v) is 8.42. The Bertz CT molecular complexity index is 609. The fraction of sp³-hybridized carbons (Fsp3) is 0.500. The summed E-state index contributed by atoms with van der Waals surface area (Å²) in [5.41, 5.74) is 0. The number of aromatic nitrogens is 3. The molecular formula is C14H18ClN5S. The molecule has 2 aromatic heterocycles. The van der Waals surface area contributed by atoms with Gasteiger partial charge in [0.1, 0.15) is 0 Å². The summed E-state index contributed by atoms with van der Waals surface area (Å²) in [4.78, 5) is 17.7. The van der Waals surface area contributed by atoms with Crippen LogP contribution in [0.2, 0.25) is 5.28 Å². The lowest BCUT2D eigenvalue weighted by Crippen LogP contribution is -2.21. The van der Waals surface area contributed by atoms with Crippen LogP contribution in [0.1, 0.15) is 29.5 Å². The zero-order valence-corrected chi connectivity index (χ0v) is 13.5. The molecule has 21 heavy (non-hydrogen) atoms. The highest BCUT2D eigenvalue weighted by atomic mass is 35.5. The molecule has 1 aliphatic rings. The Morgan fingerprint density at radius 1 is 1.19 bits per heavy atom. The van der Waals surface area contributed by atoms with Gasteiger partial charge in [-0.05, 0) is 43.0 Å². The molecule has 0 atom stereocenters. The molecule has 7 heteroatoms. The second-order valence-electron chi connectivity index (χ2n) is 5.00. The second kappa shape index (κ2) is 6.58. The maximum Gasteiger partial charge on any atom is 0.231 e. The molecule has 1 N–H and O–H groups in total. The van der Waals surface area contributed by atoms with Crippen molar-refractivity contribution in [2.24, 2.45) is 0 Å². The van der Waals surface area contributed by atoms with Crippen molar-refractivity contribution in [1.82, 2.24) is 15.0 Å². The van der Waals surface area contributed by atoms with Crippen LogP contribution in [0.5, 0.6) is 0 Å². The highest BCUT2D eigenvalue weighted by Crippen LogP contribution is 2.20. The lowest BCUT2D eigenvalue weighted by molar-refractivity contribution is 0.877. The zero-order valence-electron chi connectivity index (χ0n) is 12.0. The molecule has 0 aliphatic carbocycles. The number of hydrogen-bond acceptors (Lipinski definition) is 6.